The molecular formula is C17H16N4O2. The van der Waals surface area contributed by atoms with Gasteiger partial charge in [0, 0.05) is 12.1 Å². The molecule has 116 valence electrons. The Morgan fingerprint density at radius 3 is 2.61 bits per heavy atom. The van der Waals surface area contributed by atoms with Crippen LogP contribution in [-0.4, -0.2) is 21.8 Å². The first-order valence-corrected chi connectivity index (χ1v) is 7.40. The largest absolute Gasteiger partial charge is 0.454 e. The molecule has 0 fully saturated rings. The summed E-state index contributed by atoms with van der Waals surface area (Å²) in [6.07, 6.45) is 1.76. The molecule has 0 amide bonds. The quantitative estimate of drug-likeness (QED) is 0.799. The number of benzene rings is 2. The summed E-state index contributed by atoms with van der Waals surface area (Å²) >= 11 is 0. The van der Waals surface area contributed by atoms with Crippen LogP contribution in [0.15, 0.2) is 48.7 Å². The predicted molar refractivity (Wildman–Crippen MR) is 85.0 cm³/mol. The molecule has 3 aromatic rings. The highest BCUT2D eigenvalue weighted by atomic mass is 16.7. The van der Waals surface area contributed by atoms with Crippen molar-refractivity contribution in [2.45, 2.75) is 13.1 Å². The highest BCUT2D eigenvalue weighted by molar-refractivity contribution is 5.64. The smallest absolute Gasteiger partial charge is 0.231 e. The zero-order valence-electron chi connectivity index (χ0n) is 12.5. The second kappa shape index (κ2) is 5.73. The Bertz CT molecular complexity index is 827. The standard InChI is InChI=1S/C17H16N4O2/c18-8-12-1-3-13(4-2-12)10-21-15(9-19-20-21)14-5-6-16-17(7-14)23-11-22-16/h1-7,9H,8,10-11,18H2. The predicted octanol–water partition coefficient (Wildman–Crippen LogP) is 2.18. The fourth-order valence-corrected chi connectivity index (χ4v) is 2.61. The van der Waals surface area contributed by atoms with Crippen molar-refractivity contribution in [2.75, 3.05) is 6.79 Å². The van der Waals surface area contributed by atoms with E-state index in [-0.39, 0.29) is 6.79 Å². The van der Waals surface area contributed by atoms with Crippen LogP contribution in [-0.2, 0) is 13.1 Å². The minimum absolute atomic E-state index is 0.268. The van der Waals surface area contributed by atoms with E-state index in [1.165, 1.54) is 0 Å². The molecule has 2 heterocycles. The maximum atomic E-state index is 5.63. The van der Waals surface area contributed by atoms with Crippen molar-refractivity contribution in [3.8, 4) is 22.8 Å². The van der Waals surface area contributed by atoms with Crippen LogP contribution in [0.5, 0.6) is 11.5 Å². The van der Waals surface area contributed by atoms with Crippen molar-refractivity contribution < 1.29 is 9.47 Å². The lowest BCUT2D eigenvalue weighted by Gasteiger charge is -2.08. The van der Waals surface area contributed by atoms with Gasteiger partial charge in [-0.1, -0.05) is 29.5 Å². The molecule has 0 saturated carbocycles. The van der Waals surface area contributed by atoms with Crippen molar-refractivity contribution in [1.82, 2.24) is 15.0 Å². The van der Waals surface area contributed by atoms with Crippen molar-refractivity contribution in [2.24, 2.45) is 5.73 Å². The first kappa shape index (κ1) is 13.8. The van der Waals surface area contributed by atoms with Crippen LogP contribution < -0.4 is 15.2 Å². The van der Waals surface area contributed by atoms with Crippen LogP contribution in [0, 0.1) is 0 Å². The van der Waals surface area contributed by atoms with Crippen molar-refractivity contribution in [3.05, 3.63) is 59.8 Å². The average molecular weight is 308 g/mol. The molecule has 2 aromatic carbocycles. The van der Waals surface area contributed by atoms with Crippen LogP contribution in [0.4, 0.5) is 0 Å². The lowest BCUT2D eigenvalue weighted by atomic mass is 10.1. The van der Waals surface area contributed by atoms with Crippen molar-refractivity contribution in [1.29, 1.82) is 0 Å². The molecule has 0 atom stereocenters. The molecule has 6 nitrogen and oxygen atoms in total. The number of nitrogens with two attached hydrogens (primary N) is 1. The molecule has 1 aliphatic rings. The van der Waals surface area contributed by atoms with Crippen molar-refractivity contribution in [3.63, 3.8) is 0 Å². The Labute approximate surface area is 133 Å². The first-order chi connectivity index (χ1) is 11.3. The monoisotopic (exact) mass is 308 g/mol. The van der Waals surface area contributed by atoms with Gasteiger partial charge in [-0.15, -0.1) is 5.10 Å². The summed E-state index contributed by atoms with van der Waals surface area (Å²) in [6, 6.07) is 14.0. The number of hydrogen-bond acceptors (Lipinski definition) is 5. The van der Waals surface area contributed by atoms with Crippen LogP contribution in [0.25, 0.3) is 11.3 Å². The van der Waals surface area contributed by atoms with Crippen LogP contribution in [0.1, 0.15) is 11.1 Å². The van der Waals surface area contributed by atoms with E-state index in [0.29, 0.717) is 13.1 Å². The van der Waals surface area contributed by atoms with Crippen LogP contribution in [0.3, 0.4) is 0 Å². The molecule has 0 aliphatic carbocycles. The van der Waals surface area contributed by atoms with Crippen LogP contribution >= 0.6 is 0 Å². The molecular weight excluding hydrogens is 292 g/mol. The topological polar surface area (TPSA) is 75.2 Å². The molecule has 0 radical (unpaired) electrons. The van der Waals surface area contributed by atoms with Gasteiger partial charge in [-0.05, 0) is 29.3 Å². The highest BCUT2D eigenvalue weighted by Gasteiger charge is 2.16. The molecule has 0 spiro atoms. The molecule has 4 rings (SSSR count). The van der Waals surface area contributed by atoms with E-state index in [2.05, 4.69) is 22.4 Å². The fourth-order valence-electron chi connectivity index (χ4n) is 2.61. The van der Waals surface area contributed by atoms with E-state index < -0.39 is 0 Å². The third-order valence-electron chi connectivity index (χ3n) is 3.88. The number of ether oxygens (including phenoxy) is 2. The summed E-state index contributed by atoms with van der Waals surface area (Å²) in [4.78, 5) is 0. The molecule has 2 N–H and O–H groups in total. The SMILES string of the molecule is NCc1ccc(Cn2nncc2-c2ccc3c(c2)OCO3)cc1. The fraction of sp³-hybridized carbons (Fsp3) is 0.176. The zero-order chi connectivity index (χ0) is 15.6. The summed E-state index contributed by atoms with van der Waals surface area (Å²) in [5.41, 5.74) is 9.83. The molecule has 0 saturated heterocycles. The maximum absolute atomic E-state index is 5.63. The second-order valence-corrected chi connectivity index (χ2v) is 5.37. The Morgan fingerprint density at radius 2 is 1.78 bits per heavy atom. The first-order valence-electron chi connectivity index (χ1n) is 7.40. The normalized spacial score (nSPS) is 12.6. The van der Waals surface area contributed by atoms with Gasteiger partial charge in [-0.25, -0.2) is 4.68 Å². The zero-order valence-corrected chi connectivity index (χ0v) is 12.5. The Morgan fingerprint density at radius 1 is 1.00 bits per heavy atom. The Hall–Kier alpha value is -2.86. The minimum Gasteiger partial charge on any atom is -0.454 e. The number of nitrogens with zero attached hydrogens (tertiary/aromatic N) is 3. The Balaban J connectivity index is 1.62. The summed E-state index contributed by atoms with van der Waals surface area (Å²) in [7, 11) is 0. The third-order valence-corrected chi connectivity index (χ3v) is 3.88. The van der Waals surface area contributed by atoms with E-state index in [9.17, 15) is 0 Å². The van der Waals surface area contributed by atoms with Crippen molar-refractivity contribution >= 4 is 0 Å². The summed E-state index contributed by atoms with van der Waals surface area (Å²) in [6.45, 7) is 1.46. The highest BCUT2D eigenvalue weighted by Crippen LogP contribution is 2.35. The van der Waals surface area contributed by atoms with Gasteiger partial charge in [-0.2, -0.15) is 0 Å². The third kappa shape index (κ3) is 2.64. The van der Waals surface area contributed by atoms with Gasteiger partial charge < -0.3 is 15.2 Å². The summed E-state index contributed by atoms with van der Waals surface area (Å²) in [5.74, 6) is 1.52. The van der Waals surface area contributed by atoms with Gasteiger partial charge in [0.05, 0.1) is 18.4 Å². The summed E-state index contributed by atoms with van der Waals surface area (Å²) in [5, 5.41) is 8.24. The van der Waals surface area contributed by atoms with E-state index in [0.717, 1.165) is 33.9 Å². The lowest BCUT2D eigenvalue weighted by Crippen LogP contribution is -2.04. The molecule has 1 aromatic heterocycles. The van der Waals surface area contributed by atoms with Gasteiger partial charge in [-0.3, -0.25) is 0 Å². The van der Waals surface area contributed by atoms with Gasteiger partial charge in [0.15, 0.2) is 11.5 Å². The van der Waals surface area contributed by atoms with Gasteiger partial charge >= 0.3 is 0 Å². The van der Waals surface area contributed by atoms with E-state index in [1.807, 2.05) is 35.0 Å². The molecule has 6 heteroatoms. The van der Waals surface area contributed by atoms with E-state index in [1.54, 1.807) is 6.20 Å². The average Bonchev–Trinajstić information content (AvgIpc) is 3.23. The van der Waals surface area contributed by atoms with Gasteiger partial charge in [0.1, 0.15) is 0 Å². The number of rotatable bonds is 4. The lowest BCUT2D eigenvalue weighted by molar-refractivity contribution is 0.174. The van der Waals surface area contributed by atoms with E-state index in [4.69, 9.17) is 15.2 Å². The maximum Gasteiger partial charge on any atom is 0.231 e. The number of hydrogen-bond donors (Lipinski definition) is 1. The molecule has 1 aliphatic heterocycles. The minimum atomic E-state index is 0.268. The van der Waals surface area contributed by atoms with Crippen LogP contribution in [0.2, 0.25) is 0 Å². The molecule has 0 unspecified atom stereocenters. The van der Waals surface area contributed by atoms with Gasteiger partial charge in [0.25, 0.3) is 0 Å². The number of aromatic nitrogens is 3. The second-order valence-electron chi connectivity index (χ2n) is 5.37. The van der Waals surface area contributed by atoms with Gasteiger partial charge in [0.2, 0.25) is 6.79 Å². The Kier molecular flexibility index (Phi) is 3.44. The number of fused-ring (bicyclic) bond motifs is 1. The molecule has 0 bridgehead atoms. The molecule has 23 heavy (non-hydrogen) atoms. The van der Waals surface area contributed by atoms with E-state index >= 15 is 0 Å². The summed E-state index contributed by atoms with van der Waals surface area (Å²) < 4.78 is 12.7.